The van der Waals surface area contributed by atoms with Crippen LogP contribution in [0.3, 0.4) is 0 Å². The Morgan fingerprint density at radius 1 is 1.39 bits per heavy atom. The molecule has 3 nitrogen and oxygen atoms in total. The van der Waals surface area contributed by atoms with Crippen LogP contribution in [-0.4, -0.2) is 26.2 Å². The average Bonchev–Trinajstić information content (AvgIpc) is 2.36. The SMILES string of the molecule is COCCCCCNC(=O)c1cc(Br)ccc1F. The molecule has 0 aliphatic heterocycles. The third-order valence-corrected chi connectivity index (χ3v) is 2.98. The van der Waals surface area contributed by atoms with Crippen LogP contribution in [0.2, 0.25) is 0 Å². The van der Waals surface area contributed by atoms with Crippen LogP contribution < -0.4 is 5.32 Å². The van der Waals surface area contributed by atoms with Crippen molar-refractivity contribution < 1.29 is 13.9 Å². The Bertz CT molecular complexity index is 399. The number of nitrogens with one attached hydrogen (secondary N) is 1. The summed E-state index contributed by atoms with van der Waals surface area (Å²) in [6, 6.07) is 4.32. The molecular weight excluding hydrogens is 301 g/mol. The number of methoxy groups -OCH3 is 1. The Morgan fingerprint density at radius 3 is 2.89 bits per heavy atom. The van der Waals surface area contributed by atoms with E-state index in [2.05, 4.69) is 21.2 Å². The van der Waals surface area contributed by atoms with Gasteiger partial charge in [-0.2, -0.15) is 0 Å². The van der Waals surface area contributed by atoms with Crippen LogP contribution in [0, 0.1) is 5.82 Å². The zero-order valence-electron chi connectivity index (χ0n) is 10.3. The lowest BCUT2D eigenvalue weighted by Gasteiger charge is -2.06. The number of hydrogen-bond donors (Lipinski definition) is 1. The fraction of sp³-hybridized carbons (Fsp3) is 0.462. The quantitative estimate of drug-likeness (QED) is 0.785. The van der Waals surface area contributed by atoms with E-state index in [0.29, 0.717) is 11.0 Å². The van der Waals surface area contributed by atoms with Crippen LogP contribution in [-0.2, 0) is 4.74 Å². The van der Waals surface area contributed by atoms with E-state index in [0.717, 1.165) is 25.9 Å². The zero-order chi connectivity index (χ0) is 13.4. The highest BCUT2D eigenvalue weighted by Gasteiger charge is 2.11. The number of hydrogen-bond acceptors (Lipinski definition) is 2. The second kappa shape index (κ2) is 8.21. The Labute approximate surface area is 115 Å². The van der Waals surface area contributed by atoms with Gasteiger partial charge in [-0.05, 0) is 37.5 Å². The molecular formula is C13H17BrFNO2. The number of amides is 1. The Hall–Kier alpha value is -0.940. The number of benzene rings is 1. The molecule has 0 atom stereocenters. The van der Waals surface area contributed by atoms with Crippen LogP contribution in [0.5, 0.6) is 0 Å². The van der Waals surface area contributed by atoms with Crippen LogP contribution in [0.1, 0.15) is 29.6 Å². The van der Waals surface area contributed by atoms with Crippen molar-refractivity contribution >= 4 is 21.8 Å². The van der Waals surface area contributed by atoms with E-state index in [-0.39, 0.29) is 11.5 Å². The second-order valence-electron chi connectivity index (χ2n) is 3.93. The molecule has 1 aromatic carbocycles. The molecule has 1 aromatic rings. The van der Waals surface area contributed by atoms with Gasteiger partial charge in [-0.3, -0.25) is 4.79 Å². The maximum atomic E-state index is 13.4. The largest absolute Gasteiger partial charge is 0.385 e. The lowest BCUT2D eigenvalue weighted by Crippen LogP contribution is -2.25. The zero-order valence-corrected chi connectivity index (χ0v) is 11.9. The van der Waals surface area contributed by atoms with Crippen LogP contribution in [0.25, 0.3) is 0 Å². The van der Waals surface area contributed by atoms with Crippen molar-refractivity contribution in [2.75, 3.05) is 20.3 Å². The minimum atomic E-state index is -0.505. The molecule has 0 bridgehead atoms. The number of halogens is 2. The minimum absolute atomic E-state index is 0.0706. The Balaban J connectivity index is 2.34. The highest BCUT2D eigenvalue weighted by Crippen LogP contribution is 2.15. The van der Waals surface area contributed by atoms with Crippen molar-refractivity contribution in [2.45, 2.75) is 19.3 Å². The van der Waals surface area contributed by atoms with Gasteiger partial charge in [0.1, 0.15) is 5.82 Å². The first kappa shape index (κ1) is 15.1. The molecule has 0 spiro atoms. The van der Waals surface area contributed by atoms with E-state index in [1.165, 1.54) is 12.1 Å². The van der Waals surface area contributed by atoms with E-state index < -0.39 is 5.82 Å². The molecule has 1 rings (SSSR count). The highest BCUT2D eigenvalue weighted by atomic mass is 79.9. The first-order chi connectivity index (χ1) is 8.65. The molecule has 100 valence electrons. The number of unbranched alkanes of at least 4 members (excludes halogenated alkanes) is 2. The van der Waals surface area contributed by atoms with Crippen molar-refractivity contribution in [1.29, 1.82) is 0 Å². The number of carbonyl (C=O) groups excluding carboxylic acids is 1. The predicted octanol–water partition coefficient (Wildman–Crippen LogP) is 3.13. The molecule has 0 heterocycles. The summed E-state index contributed by atoms with van der Waals surface area (Å²) in [6.45, 7) is 1.28. The molecule has 1 amide bonds. The summed E-state index contributed by atoms with van der Waals surface area (Å²) >= 11 is 3.21. The van der Waals surface area contributed by atoms with E-state index in [1.54, 1.807) is 13.2 Å². The molecule has 5 heteroatoms. The third-order valence-electron chi connectivity index (χ3n) is 2.48. The van der Waals surface area contributed by atoms with Gasteiger partial charge in [-0.1, -0.05) is 15.9 Å². The molecule has 0 saturated heterocycles. The van der Waals surface area contributed by atoms with Gasteiger partial charge in [0.05, 0.1) is 5.56 Å². The molecule has 18 heavy (non-hydrogen) atoms. The van der Waals surface area contributed by atoms with Gasteiger partial charge in [-0.25, -0.2) is 4.39 Å². The van der Waals surface area contributed by atoms with Gasteiger partial charge in [-0.15, -0.1) is 0 Å². The molecule has 0 fully saturated rings. The molecule has 0 saturated carbocycles. The summed E-state index contributed by atoms with van der Waals surface area (Å²) < 4.78 is 19.0. The van der Waals surface area contributed by atoms with Gasteiger partial charge in [0.25, 0.3) is 5.91 Å². The van der Waals surface area contributed by atoms with Gasteiger partial charge in [0.2, 0.25) is 0 Å². The summed E-state index contributed by atoms with van der Waals surface area (Å²) in [7, 11) is 1.66. The third kappa shape index (κ3) is 5.14. The standard InChI is InChI=1S/C13H17BrFNO2/c1-18-8-4-2-3-7-16-13(17)11-9-10(14)5-6-12(11)15/h5-6,9H,2-4,7-8H2,1H3,(H,16,17). The minimum Gasteiger partial charge on any atom is -0.385 e. The van der Waals surface area contributed by atoms with Gasteiger partial charge < -0.3 is 10.1 Å². The van der Waals surface area contributed by atoms with Crippen LogP contribution >= 0.6 is 15.9 Å². The van der Waals surface area contributed by atoms with Crippen molar-refractivity contribution in [1.82, 2.24) is 5.32 Å². The maximum Gasteiger partial charge on any atom is 0.254 e. The fourth-order valence-electron chi connectivity index (χ4n) is 1.52. The van der Waals surface area contributed by atoms with Crippen molar-refractivity contribution in [3.8, 4) is 0 Å². The fourth-order valence-corrected chi connectivity index (χ4v) is 1.88. The summed E-state index contributed by atoms with van der Waals surface area (Å²) in [4.78, 5) is 11.7. The summed E-state index contributed by atoms with van der Waals surface area (Å²) in [6.07, 6.45) is 2.82. The summed E-state index contributed by atoms with van der Waals surface area (Å²) in [5.74, 6) is -0.879. The summed E-state index contributed by atoms with van der Waals surface area (Å²) in [5.41, 5.74) is 0.0706. The Kier molecular flexibility index (Phi) is 6.90. The molecule has 0 aliphatic rings. The van der Waals surface area contributed by atoms with Crippen molar-refractivity contribution in [3.05, 3.63) is 34.1 Å². The molecule has 0 aliphatic carbocycles. The van der Waals surface area contributed by atoms with E-state index in [1.807, 2.05) is 0 Å². The van der Waals surface area contributed by atoms with E-state index >= 15 is 0 Å². The molecule has 0 aromatic heterocycles. The second-order valence-corrected chi connectivity index (χ2v) is 4.85. The first-order valence-corrected chi connectivity index (χ1v) is 6.66. The number of carbonyl (C=O) groups is 1. The van der Waals surface area contributed by atoms with Gasteiger partial charge in [0.15, 0.2) is 0 Å². The molecule has 1 N–H and O–H groups in total. The lowest BCUT2D eigenvalue weighted by atomic mass is 10.2. The van der Waals surface area contributed by atoms with E-state index in [4.69, 9.17) is 4.74 Å². The monoisotopic (exact) mass is 317 g/mol. The smallest absolute Gasteiger partial charge is 0.254 e. The lowest BCUT2D eigenvalue weighted by molar-refractivity contribution is 0.0948. The molecule has 0 radical (unpaired) electrons. The number of rotatable bonds is 7. The normalized spacial score (nSPS) is 10.4. The van der Waals surface area contributed by atoms with Crippen molar-refractivity contribution in [2.24, 2.45) is 0 Å². The van der Waals surface area contributed by atoms with Gasteiger partial charge in [0, 0.05) is 24.7 Å². The van der Waals surface area contributed by atoms with Gasteiger partial charge >= 0.3 is 0 Å². The van der Waals surface area contributed by atoms with E-state index in [9.17, 15) is 9.18 Å². The van der Waals surface area contributed by atoms with Crippen molar-refractivity contribution in [3.63, 3.8) is 0 Å². The molecule has 0 unspecified atom stereocenters. The first-order valence-electron chi connectivity index (χ1n) is 5.87. The van der Waals surface area contributed by atoms with Crippen LogP contribution in [0.4, 0.5) is 4.39 Å². The highest BCUT2D eigenvalue weighted by molar-refractivity contribution is 9.10. The summed E-state index contributed by atoms with van der Waals surface area (Å²) in [5, 5.41) is 2.70. The number of ether oxygens (including phenoxy) is 1. The predicted molar refractivity (Wildman–Crippen MR) is 72.2 cm³/mol. The van der Waals surface area contributed by atoms with Crippen LogP contribution in [0.15, 0.2) is 22.7 Å². The maximum absolute atomic E-state index is 13.4. The topological polar surface area (TPSA) is 38.3 Å². The average molecular weight is 318 g/mol. The Morgan fingerprint density at radius 2 is 2.17 bits per heavy atom.